The van der Waals surface area contributed by atoms with Crippen molar-refractivity contribution in [2.75, 3.05) is 32.6 Å². The van der Waals surface area contributed by atoms with Crippen molar-refractivity contribution in [3.05, 3.63) is 65.7 Å². The van der Waals surface area contributed by atoms with Crippen molar-refractivity contribution in [2.45, 2.75) is 32.2 Å². The van der Waals surface area contributed by atoms with Gasteiger partial charge in [0.05, 0.1) is 31.7 Å². The fourth-order valence-corrected chi connectivity index (χ4v) is 4.12. The SMILES string of the molecule is COc1cccc(OC)c1CN1CCCC(c2cncc(Nc3ncccc3C)n2)C1. The van der Waals surface area contributed by atoms with Crippen LogP contribution in [0, 0.1) is 6.92 Å². The van der Waals surface area contributed by atoms with Crippen molar-refractivity contribution < 1.29 is 9.47 Å². The van der Waals surface area contributed by atoms with Crippen LogP contribution in [0.2, 0.25) is 0 Å². The third-order valence-electron chi connectivity index (χ3n) is 5.74. The van der Waals surface area contributed by atoms with Crippen LogP contribution >= 0.6 is 0 Å². The van der Waals surface area contributed by atoms with Crippen LogP contribution in [-0.4, -0.2) is 47.2 Å². The molecule has 31 heavy (non-hydrogen) atoms. The van der Waals surface area contributed by atoms with E-state index in [1.807, 2.05) is 43.5 Å². The quantitative estimate of drug-likeness (QED) is 0.611. The summed E-state index contributed by atoms with van der Waals surface area (Å²) in [6.45, 7) is 4.76. The summed E-state index contributed by atoms with van der Waals surface area (Å²) in [7, 11) is 3.41. The predicted molar refractivity (Wildman–Crippen MR) is 121 cm³/mol. The van der Waals surface area contributed by atoms with Gasteiger partial charge in [-0.2, -0.15) is 0 Å². The molecule has 1 aliphatic heterocycles. The molecule has 0 amide bonds. The molecule has 1 atom stereocenters. The molecule has 1 aliphatic rings. The number of anilines is 2. The summed E-state index contributed by atoms with van der Waals surface area (Å²) >= 11 is 0. The van der Waals surface area contributed by atoms with Crippen LogP contribution < -0.4 is 14.8 Å². The summed E-state index contributed by atoms with van der Waals surface area (Å²) < 4.78 is 11.2. The molecule has 0 saturated carbocycles. The van der Waals surface area contributed by atoms with Gasteiger partial charge in [-0.1, -0.05) is 12.1 Å². The molecular formula is C24H29N5O2. The van der Waals surface area contributed by atoms with Crippen LogP contribution in [0.25, 0.3) is 0 Å². The van der Waals surface area contributed by atoms with E-state index in [9.17, 15) is 0 Å². The molecule has 4 rings (SSSR count). The summed E-state index contributed by atoms with van der Waals surface area (Å²) in [6, 6.07) is 9.88. The first kappa shape index (κ1) is 21.1. The lowest BCUT2D eigenvalue weighted by Crippen LogP contribution is -2.34. The Kier molecular flexibility index (Phi) is 6.62. The maximum atomic E-state index is 5.58. The van der Waals surface area contributed by atoms with Crippen LogP contribution in [0.15, 0.2) is 48.9 Å². The lowest BCUT2D eigenvalue weighted by atomic mass is 9.94. The highest BCUT2D eigenvalue weighted by atomic mass is 16.5. The Morgan fingerprint density at radius 1 is 1.10 bits per heavy atom. The molecule has 1 aromatic carbocycles. The fraction of sp³-hybridized carbons (Fsp3) is 0.375. The van der Waals surface area contributed by atoms with Gasteiger partial charge in [-0.25, -0.2) is 9.97 Å². The Bertz CT molecular complexity index is 1000. The fourth-order valence-electron chi connectivity index (χ4n) is 4.12. The van der Waals surface area contributed by atoms with Gasteiger partial charge in [0, 0.05) is 31.4 Å². The third-order valence-corrected chi connectivity index (χ3v) is 5.74. The normalized spacial score (nSPS) is 16.7. The van der Waals surface area contributed by atoms with Crippen molar-refractivity contribution in [3.8, 4) is 11.5 Å². The molecule has 1 saturated heterocycles. The van der Waals surface area contributed by atoms with E-state index in [2.05, 4.69) is 20.2 Å². The van der Waals surface area contributed by atoms with E-state index in [1.165, 1.54) is 0 Å². The number of ether oxygens (including phenoxy) is 2. The summed E-state index contributed by atoms with van der Waals surface area (Å²) in [4.78, 5) is 16.1. The Hall–Kier alpha value is -3.19. The molecule has 7 nitrogen and oxygen atoms in total. The molecule has 3 aromatic rings. The second kappa shape index (κ2) is 9.75. The van der Waals surface area contributed by atoms with E-state index in [-0.39, 0.29) is 0 Å². The van der Waals surface area contributed by atoms with Gasteiger partial charge in [0.1, 0.15) is 23.1 Å². The van der Waals surface area contributed by atoms with Crippen LogP contribution in [0.4, 0.5) is 11.6 Å². The molecule has 0 spiro atoms. The summed E-state index contributed by atoms with van der Waals surface area (Å²) in [5, 5.41) is 3.30. The summed E-state index contributed by atoms with van der Waals surface area (Å²) in [5.41, 5.74) is 3.17. The number of nitrogens with zero attached hydrogens (tertiary/aromatic N) is 4. The number of piperidine rings is 1. The number of methoxy groups -OCH3 is 2. The first-order valence-corrected chi connectivity index (χ1v) is 10.6. The van der Waals surface area contributed by atoms with Gasteiger partial charge in [-0.15, -0.1) is 0 Å². The molecule has 162 valence electrons. The zero-order chi connectivity index (χ0) is 21.6. The lowest BCUT2D eigenvalue weighted by molar-refractivity contribution is 0.194. The van der Waals surface area contributed by atoms with Gasteiger partial charge in [0.15, 0.2) is 0 Å². The van der Waals surface area contributed by atoms with E-state index in [4.69, 9.17) is 14.5 Å². The van der Waals surface area contributed by atoms with Crippen molar-refractivity contribution in [1.29, 1.82) is 0 Å². The first-order chi connectivity index (χ1) is 15.2. The molecule has 1 N–H and O–H groups in total. The molecule has 2 aromatic heterocycles. The Labute approximate surface area is 183 Å². The minimum absolute atomic E-state index is 0.327. The standard InChI is InChI=1S/C24H29N5O2/c1-17-7-5-11-26-24(17)28-23-14-25-13-20(27-23)18-8-6-12-29(15-18)16-19-21(30-2)9-4-10-22(19)31-3/h4-5,7,9-11,13-14,18H,6,8,12,15-16H2,1-3H3,(H,26,27,28). The van der Waals surface area contributed by atoms with E-state index < -0.39 is 0 Å². The highest BCUT2D eigenvalue weighted by Gasteiger charge is 2.25. The van der Waals surface area contributed by atoms with E-state index in [0.717, 1.165) is 72.4 Å². The average Bonchev–Trinajstić information content (AvgIpc) is 2.81. The average molecular weight is 420 g/mol. The Morgan fingerprint density at radius 3 is 2.65 bits per heavy atom. The lowest BCUT2D eigenvalue weighted by Gasteiger charge is -2.33. The number of hydrogen-bond donors (Lipinski definition) is 1. The van der Waals surface area contributed by atoms with Crippen LogP contribution in [-0.2, 0) is 6.54 Å². The summed E-state index contributed by atoms with van der Waals surface area (Å²) in [5.74, 6) is 3.58. The third kappa shape index (κ3) is 4.94. The van der Waals surface area contributed by atoms with Gasteiger partial charge >= 0.3 is 0 Å². The second-order valence-corrected chi connectivity index (χ2v) is 7.84. The highest BCUT2D eigenvalue weighted by molar-refractivity contribution is 5.54. The highest BCUT2D eigenvalue weighted by Crippen LogP contribution is 2.33. The largest absolute Gasteiger partial charge is 0.496 e. The van der Waals surface area contributed by atoms with Crippen molar-refractivity contribution in [2.24, 2.45) is 0 Å². The van der Waals surface area contributed by atoms with Crippen molar-refractivity contribution in [1.82, 2.24) is 19.9 Å². The molecule has 0 aliphatic carbocycles. The molecule has 1 fully saturated rings. The predicted octanol–water partition coefficient (Wildman–Crippen LogP) is 4.32. The van der Waals surface area contributed by atoms with Gasteiger partial charge < -0.3 is 14.8 Å². The number of benzene rings is 1. The van der Waals surface area contributed by atoms with Gasteiger partial charge in [0.25, 0.3) is 0 Å². The number of pyridine rings is 1. The maximum absolute atomic E-state index is 5.58. The number of rotatable bonds is 7. The Balaban J connectivity index is 1.49. The monoisotopic (exact) mass is 419 g/mol. The molecule has 7 heteroatoms. The topological polar surface area (TPSA) is 72.4 Å². The number of hydrogen-bond acceptors (Lipinski definition) is 7. The minimum atomic E-state index is 0.327. The van der Waals surface area contributed by atoms with E-state index in [0.29, 0.717) is 5.92 Å². The molecule has 0 radical (unpaired) electrons. The van der Waals surface area contributed by atoms with Gasteiger partial charge in [-0.3, -0.25) is 9.88 Å². The zero-order valence-electron chi connectivity index (χ0n) is 18.3. The minimum Gasteiger partial charge on any atom is -0.496 e. The number of aryl methyl sites for hydroxylation is 1. The summed E-state index contributed by atoms with van der Waals surface area (Å²) in [6.07, 6.45) is 7.62. The first-order valence-electron chi connectivity index (χ1n) is 10.6. The van der Waals surface area contributed by atoms with Gasteiger partial charge in [-0.05, 0) is 50.1 Å². The van der Waals surface area contributed by atoms with E-state index in [1.54, 1.807) is 26.6 Å². The van der Waals surface area contributed by atoms with Crippen LogP contribution in [0.1, 0.15) is 35.6 Å². The number of nitrogens with one attached hydrogen (secondary N) is 1. The Morgan fingerprint density at radius 2 is 1.90 bits per heavy atom. The van der Waals surface area contributed by atoms with Crippen molar-refractivity contribution >= 4 is 11.6 Å². The number of aromatic nitrogens is 3. The molecule has 1 unspecified atom stereocenters. The second-order valence-electron chi connectivity index (χ2n) is 7.84. The number of likely N-dealkylation sites (tertiary alicyclic amines) is 1. The molecule has 0 bridgehead atoms. The van der Waals surface area contributed by atoms with Gasteiger partial charge in [0.2, 0.25) is 0 Å². The van der Waals surface area contributed by atoms with Crippen molar-refractivity contribution in [3.63, 3.8) is 0 Å². The molecular weight excluding hydrogens is 390 g/mol. The van der Waals surface area contributed by atoms with E-state index >= 15 is 0 Å². The van der Waals surface area contributed by atoms with Crippen LogP contribution in [0.5, 0.6) is 11.5 Å². The zero-order valence-corrected chi connectivity index (χ0v) is 18.3. The maximum Gasteiger partial charge on any atom is 0.150 e. The van der Waals surface area contributed by atoms with Crippen LogP contribution in [0.3, 0.4) is 0 Å². The molecule has 3 heterocycles. The smallest absolute Gasteiger partial charge is 0.150 e.